The Bertz CT molecular complexity index is 664. The first kappa shape index (κ1) is 14.9. The smallest absolute Gasteiger partial charge is 0.416 e. The van der Waals surface area contributed by atoms with E-state index in [0.717, 1.165) is 12.1 Å². The van der Waals surface area contributed by atoms with Gasteiger partial charge in [0.15, 0.2) is 0 Å². The second kappa shape index (κ2) is 5.47. The molecule has 0 fully saturated rings. The van der Waals surface area contributed by atoms with Crippen LogP contribution >= 0.6 is 0 Å². The molecule has 21 heavy (non-hydrogen) atoms. The van der Waals surface area contributed by atoms with Crippen molar-refractivity contribution in [1.29, 1.82) is 0 Å². The fraction of sp³-hybridized carbons (Fsp3) is 0.133. The lowest BCUT2D eigenvalue weighted by Gasteiger charge is -2.13. The van der Waals surface area contributed by atoms with Crippen LogP contribution in [0.1, 0.15) is 15.9 Å². The van der Waals surface area contributed by atoms with Gasteiger partial charge >= 0.3 is 6.18 Å². The number of primary amides is 1. The van der Waals surface area contributed by atoms with Crippen molar-refractivity contribution in [2.45, 2.75) is 6.18 Å². The average Bonchev–Trinajstić information content (AvgIpc) is 2.45. The summed E-state index contributed by atoms with van der Waals surface area (Å²) in [5, 5.41) is 0. The Morgan fingerprint density at radius 1 is 1.10 bits per heavy atom. The van der Waals surface area contributed by atoms with Crippen molar-refractivity contribution in [3.05, 3.63) is 53.6 Å². The number of halogens is 3. The molecule has 0 aliphatic carbocycles. The minimum atomic E-state index is -4.41. The number of amides is 1. The van der Waals surface area contributed by atoms with Crippen LogP contribution in [0, 0.1) is 0 Å². The Kier molecular flexibility index (Phi) is 3.88. The number of benzene rings is 2. The maximum absolute atomic E-state index is 12.6. The number of carbonyl (C=O) groups excluding carboxylic acids is 1. The van der Waals surface area contributed by atoms with Gasteiger partial charge in [-0.25, -0.2) is 0 Å². The standard InChI is InChI=1S/C15H12F3NO2/c1-21-12-4-2-3-11(14(19)20)13(12)9-5-7-10(8-6-9)15(16,17)18/h2-8H,1H3,(H2,19,20). The molecule has 0 unspecified atom stereocenters. The number of ether oxygens (including phenoxy) is 1. The summed E-state index contributed by atoms with van der Waals surface area (Å²) in [7, 11) is 1.41. The van der Waals surface area contributed by atoms with Gasteiger partial charge in [-0.2, -0.15) is 13.2 Å². The summed E-state index contributed by atoms with van der Waals surface area (Å²) in [6, 6.07) is 9.17. The van der Waals surface area contributed by atoms with Crippen LogP contribution in [0.25, 0.3) is 11.1 Å². The monoisotopic (exact) mass is 295 g/mol. The van der Waals surface area contributed by atoms with Gasteiger partial charge in [-0.3, -0.25) is 4.79 Å². The number of alkyl halides is 3. The predicted molar refractivity (Wildman–Crippen MR) is 71.9 cm³/mol. The normalized spacial score (nSPS) is 11.2. The van der Waals surface area contributed by atoms with Gasteiger partial charge in [-0.15, -0.1) is 0 Å². The SMILES string of the molecule is COc1cccc(C(N)=O)c1-c1ccc(C(F)(F)F)cc1. The van der Waals surface area contributed by atoms with E-state index in [9.17, 15) is 18.0 Å². The largest absolute Gasteiger partial charge is 0.496 e. The highest BCUT2D eigenvalue weighted by atomic mass is 19.4. The molecule has 2 aromatic carbocycles. The molecule has 1 amide bonds. The van der Waals surface area contributed by atoms with Crippen LogP contribution in [0.4, 0.5) is 13.2 Å². The molecule has 0 heterocycles. The number of hydrogen-bond donors (Lipinski definition) is 1. The highest BCUT2D eigenvalue weighted by Crippen LogP contribution is 2.35. The van der Waals surface area contributed by atoms with Gasteiger partial charge in [0, 0.05) is 5.56 Å². The fourth-order valence-electron chi connectivity index (χ4n) is 2.03. The summed E-state index contributed by atoms with van der Waals surface area (Å²) in [6.07, 6.45) is -4.41. The molecule has 0 radical (unpaired) electrons. The van der Waals surface area contributed by atoms with Gasteiger partial charge in [-0.1, -0.05) is 18.2 Å². The van der Waals surface area contributed by atoms with Crippen LogP contribution in [0.5, 0.6) is 5.75 Å². The quantitative estimate of drug-likeness (QED) is 0.942. The van der Waals surface area contributed by atoms with Crippen molar-refractivity contribution in [1.82, 2.24) is 0 Å². The lowest BCUT2D eigenvalue weighted by Crippen LogP contribution is -2.13. The summed E-state index contributed by atoms with van der Waals surface area (Å²) in [6.45, 7) is 0. The molecule has 6 heteroatoms. The summed E-state index contributed by atoms with van der Waals surface area (Å²) >= 11 is 0. The van der Waals surface area contributed by atoms with Crippen LogP contribution in [-0.2, 0) is 6.18 Å². The van der Waals surface area contributed by atoms with Crippen LogP contribution in [0.2, 0.25) is 0 Å². The summed E-state index contributed by atoms with van der Waals surface area (Å²) in [4.78, 5) is 11.5. The van der Waals surface area contributed by atoms with E-state index in [1.807, 2.05) is 0 Å². The lowest BCUT2D eigenvalue weighted by molar-refractivity contribution is -0.137. The van der Waals surface area contributed by atoms with Crippen molar-refractivity contribution in [3.63, 3.8) is 0 Å². The molecule has 110 valence electrons. The third-order valence-electron chi connectivity index (χ3n) is 3.01. The zero-order chi connectivity index (χ0) is 15.6. The minimum absolute atomic E-state index is 0.189. The topological polar surface area (TPSA) is 52.3 Å². The summed E-state index contributed by atoms with van der Waals surface area (Å²) in [5.74, 6) is -0.310. The number of rotatable bonds is 3. The van der Waals surface area contributed by atoms with Gasteiger partial charge in [0.1, 0.15) is 5.75 Å². The first-order valence-electron chi connectivity index (χ1n) is 5.99. The molecule has 0 bridgehead atoms. The van der Waals surface area contributed by atoms with E-state index in [1.54, 1.807) is 12.1 Å². The van der Waals surface area contributed by atoms with Crippen molar-refractivity contribution in [2.75, 3.05) is 7.11 Å². The molecule has 0 aromatic heterocycles. The second-order valence-corrected chi connectivity index (χ2v) is 4.32. The van der Waals surface area contributed by atoms with Gasteiger partial charge in [0.05, 0.1) is 18.2 Å². The van der Waals surface area contributed by atoms with Crippen molar-refractivity contribution >= 4 is 5.91 Å². The molecule has 2 N–H and O–H groups in total. The van der Waals surface area contributed by atoms with Crippen LogP contribution in [-0.4, -0.2) is 13.0 Å². The molecule has 3 nitrogen and oxygen atoms in total. The summed E-state index contributed by atoms with van der Waals surface area (Å²) < 4.78 is 42.9. The fourth-order valence-corrected chi connectivity index (χ4v) is 2.03. The van der Waals surface area contributed by atoms with Gasteiger partial charge in [0.2, 0.25) is 5.91 Å². The lowest BCUT2D eigenvalue weighted by atomic mass is 9.97. The number of hydrogen-bond acceptors (Lipinski definition) is 2. The van der Waals surface area contributed by atoms with Crippen molar-refractivity contribution in [2.24, 2.45) is 5.73 Å². The molecule has 0 atom stereocenters. The van der Waals surface area contributed by atoms with Crippen molar-refractivity contribution < 1.29 is 22.7 Å². The molecule has 0 aliphatic rings. The zero-order valence-corrected chi connectivity index (χ0v) is 11.1. The van der Waals surface area contributed by atoms with E-state index in [-0.39, 0.29) is 5.56 Å². The van der Waals surface area contributed by atoms with E-state index < -0.39 is 17.6 Å². The Balaban J connectivity index is 2.58. The Hall–Kier alpha value is -2.50. The van der Waals surface area contributed by atoms with Gasteiger partial charge in [-0.05, 0) is 29.8 Å². The van der Waals surface area contributed by atoms with E-state index in [1.165, 1.54) is 25.3 Å². The molecule has 0 aliphatic heterocycles. The Morgan fingerprint density at radius 3 is 2.19 bits per heavy atom. The molecule has 0 saturated carbocycles. The zero-order valence-electron chi connectivity index (χ0n) is 11.1. The molecule has 0 spiro atoms. The Labute approximate surface area is 119 Å². The maximum Gasteiger partial charge on any atom is 0.416 e. The first-order chi connectivity index (χ1) is 9.84. The second-order valence-electron chi connectivity index (χ2n) is 4.32. The molecule has 2 aromatic rings. The van der Waals surface area contributed by atoms with Crippen LogP contribution in [0.15, 0.2) is 42.5 Å². The maximum atomic E-state index is 12.6. The third-order valence-corrected chi connectivity index (χ3v) is 3.01. The van der Waals surface area contributed by atoms with E-state index in [0.29, 0.717) is 16.9 Å². The minimum Gasteiger partial charge on any atom is -0.496 e. The average molecular weight is 295 g/mol. The molecular weight excluding hydrogens is 283 g/mol. The number of methoxy groups -OCH3 is 1. The predicted octanol–water partition coefficient (Wildman–Crippen LogP) is 3.48. The highest BCUT2D eigenvalue weighted by molar-refractivity contribution is 6.01. The molecular formula is C15H12F3NO2. The van der Waals surface area contributed by atoms with Gasteiger partial charge < -0.3 is 10.5 Å². The Morgan fingerprint density at radius 2 is 1.71 bits per heavy atom. The van der Waals surface area contributed by atoms with E-state index >= 15 is 0 Å². The van der Waals surface area contributed by atoms with Gasteiger partial charge in [0.25, 0.3) is 0 Å². The van der Waals surface area contributed by atoms with Crippen LogP contribution < -0.4 is 10.5 Å². The number of nitrogens with two attached hydrogens (primary N) is 1. The highest BCUT2D eigenvalue weighted by Gasteiger charge is 2.30. The first-order valence-corrected chi connectivity index (χ1v) is 5.99. The molecule has 2 rings (SSSR count). The number of carbonyl (C=O) groups is 1. The molecule has 0 saturated heterocycles. The van der Waals surface area contributed by atoms with E-state index in [2.05, 4.69) is 0 Å². The van der Waals surface area contributed by atoms with Crippen LogP contribution in [0.3, 0.4) is 0 Å². The van der Waals surface area contributed by atoms with E-state index in [4.69, 9.17) is 10.5 Å². The third kappa shape index (κ3) is 2.99. The summed E-state index contributed by atoms with van der Waals surface area (Å²) in [5.41, 5.74) is 5.53. The van der Waals surface area contributed by atoms with Crippen molar-refractivity contribution in [3.8, 4) is 16.9 Å².